The summed E-state index contributed by atoms with van der Waals surface area (Å²) >= 11 is 1.36. The molecule has 0 unspecified atom stereocenters. The number of rotatable bonds is 4. The van der Waals surface area contributed by atoms with Gasteiger partial charge in [-0.15, -0.1) is 11.3 Å². The SMILES string of the molecule is O=C(Nc1cccc2ccccc12)c1csc(Nc2ccccn2)n1. The number of hydrogen-bond donors (Lipinski definition) is 2. The van der Waals surface area contributed by atoms with Crippen LogP contribution in [0.25, 0.3) is 10.8 Å². The molecule has 0 aliphatic heterocycles. The van der Waals surface area contributed by atoms with Gasteiger partial charge in [0.15, 0.2) is 5.13 Å². The Morgan fingerprint density at radius 2 is 1.80 bits per heavy atom. The van der Waals surface area contributed by atoms with E-state index in [9.17, 15) is 4.79 Å². The van der Waals surface area contributed by atoms with Crippen LogP contribution in [-0.2, 0) is 0 Å². The largest absolute Gasteiger partial charge is 0.320 e. The molecular weight excluding hydrogens is 332 g/mol. The molecule has 0 aliphatic rings. The van der Waals surface area contributed by atoms with Crippen LogP contribution in [0.5, 0.6) is 0 Å². The van der Waals surface area contributed by atoms with Gasteiger partial charge < -0.3 is 10.6 Å². The van der Waals surface area contributed by atoms with Crippen molar-refractivity contribution in [1.29, 1.82) is 0 Å². The van der Waals surface area contributed by atoms with Crippen molar-refractivity contribution >= 4 is 44.7 Å². The van der Waals surface area contributed by atoms with Crippen LogP contribution in [0.4, 0.5) is 16.6 Å². The molecule has 25 heavy (non-hydrogen) atoms. The second kappa shape index (κ2) is 6.70. The van der Waals surface area contributed by atoms with E-state index in [0.717, 1.165) is 16.5 Å². The van der Waals surface area contributed by atoms with E-state index in [1.807, 2.05) is 60.7 Å². The Morgan fingerprint density at radius 1 is 0.960 bits per heavy atom. The molecule has 0 saturated carbocycles. The van der Waals surface area contributed by atoms with E-state index in [1.165, 1.54) is 11.3 Å². The lowest BCUT2D eigenvalue weighted by Crippen LogP contribution is -2.12. The Morgan fingerprint density at radius 3 is 2.68 bits per heavy atom. The van der Waals surface area contributed by atoms with Gasteiger partial charge in [-0.3, -0.25) is 4.79 Å². The first-order chi connectivity index (χ1) is 12.3. The van der Waals surface area contributed by atoms with E-state index in [-0.39, 0.29) is 5.91 Å². The molecule has 4 rings (SSSR count). The maximum atomic E-state index is 12.5. The molecular formula is C19H14N4OS. The highest BCUT2D eigenvalue weighted by molar-refractivity contribution is 7.14. The maximum absolute atomic E-state index is 12.5. The quantitative estimate of drug-likeness (QED) is 0.563. The van der Waals surface area contributed by atoms with E-state index in [2.05, 4.69) is 20.6 Å². The van der Waals surface area contributed by atoms with Crippen molar-refractivity contribution in [3.05, 3.63) is 77.9 Å². The van der Waals surface area contributed by atoms with Crippen molar-refractivity contribution in [1.82, 2.24) is 9.97 Å². The summed E-state index contributed by atoms with van der Waals surface area (Å²) in [5, 5.41) is 10.5. The summed E-state index contributed by atoms with van der Waals surface area (Å²) in [6, 6.07) is 19.3. The zero-order valence-corrected chi connectivity index (χ0v) is 14.0. The molecule has 2 N–H and O–H groups in total. The second-order valence-electron chi connectivity index (χ2n) is 5.36. The minimum atomic E-state index is -0.235. The van der Waals surface area contributed by atoms with E-state index in [1.54, 1.807) is 11.6 Å². The first kappa shape index (κ1) is 15.3. The fourth-order valence-corrected chi connectivity index (χ4v) is 3.20. The van der Waals surface area contributed by atoms with E-state index < -0.39 is 0 Å². The summed E-state index contributed by atoms with van der Waals surface area (Å²) in [7, 11) is 0. The number of pyridine rings is 1. The number of aromatic nitrogens is 2. The summed E-state index contributed by atoms with van der Waals surface area (Å²) in [6.45, 7) is 0. The highest BCUT2D eigenvalue weighted by atomic mass is 32.1. The van der Waals surface area contributed by atoms with Gasteiger partial charge in [-0.25, -0.2) is 9.97 Å². The number of nitrogens with zero attached hydrogens (tertiary/aromatic N) is 2. The van der Waals surface area contributed by atoms with Crippen LogP contribution in [0, 0.1) is 0 Å². The van der Waals surface area contributed by atoms with E-state index >= 15 is 0 Å². The van der Waals surface area contributed by atoms with Crippen molar-refractivity contribution in [3.8, 4) is 0 Å². The third-order valence-electron chi connectivity index (χ3n) is 3.67. The average molecular weight is 346 g/mol. The third kappa shape index (κ3) is 3.34. The van der Waals surface area contributed by atoms with Crippen molar-refractivity contribution in [2.24, 2.45) is 0 Å². The molecule has 2 aromatic carbocycles. The normalized spacial score (nSPS) is 10.6. The summed E-state index contributed by atoms with van der Waals surface area (Å²) in [6.07, 6.45) is 1.70. The maximum Gasteiger partial charge on any atom is 0.275 e. The molecule has 6 heteroatoms. The van der Waals surface area contributed by atoms with Crippen LogP contribution in [0.1, 0.15) is 10.5 Å². The Balaban J connectivity index is 1.53. The molecule has 0 atom stereocenters. The molecule has 122 valence electrons. The third-order valence-corrected chi connectivity index (χ3v) is 4.43. The number of amides is 1. The highest BCUT2D eigenvalue weighted by Gasteiger charge is 2.12. The van der Waals surface area contributed by atoms with Crippen molar-refractivity contribution in [3.63, 3.8) is 0 Å². The number of nitrogens with one attached hydrogen (secondary N) is 2. The zero-order chi connectivity index (χ0) is 17.1. The molecule has 0 spiro atoms. The molecule has 0 saturated heterocycles. The topological polar surface area (TPSA) is 66.9 Å². The molecule has 2 aromatic heterocycles. The first-order valence-electron chi connectivity index (χ1n) is 7.72. The lowest BCUT2D eigenvalue weighted by atomic mass is 10.1. The van der Waals surface area contributed by atoms with E-state index in [0.29, 0.717) is 16.6 Å². The van der Waals surface area contributed by atoms with Gasteiger partial charge in [0.05, 0.1) is 0 Å². The van der Waals surface area contributed by atoms with Gasteiger partial charge in [0, 0.05) is 22.7 Å². The summed E-state index contributed by atoms with van der Waals surface area (Å²) in [4.78, 5) is 21.0. The standard InChI is InChI=1S/C19H14N4OS/c24-18(21-15-9-5-7-13-6-1-2-8-14(13)15)16-12-25-19(22-16)23-17-10-3-4-11-20-17/h1-12H,(H,21,24)(H,20,22,23). The smallest absolute Gasteiger partial charge is 0.275 e. The predicted molar refractivity (Wildman–Crippen MR) is 102 cm³/mol. The van der Waals surface area contributed by atoms with Crippen LogP contribution in [0.15, 0.2) is 72.2 Å². The monoisotopic (exact) mass is 346 g/mol. The lowest BCUT2D eigenvalue weighted by molar-refractivity contribution is 0.102. The predicted octanol–water partition coefficient (Wildman–Crippen LogP) is 4.69. The number of carbonyl (C=O) groups is 1. The van der Waals surface area contributed by atoms with Gasteiger partial charge >= 0.3 is 0 Å². The number of fused-ring (bicyclic) bond motifs is 1. The van der Waals surface area contributed by atoms with Crippen LogP contribution >= 0.6 is 11.3 Å². The van der Waals surface area contributed by atoms with Gasteiger partial charge in [-0.05, 0) is 23.6 Å². The number of carbonyl (C=O) groups excluding carboxylic acids is 1. The summed E-state index contributed by atoms with van der Waals surface area (Å²) < 4.78 is 0. The van der Waals surface area contributed by atoms with Gasteiger partial charge in [-0.1, -0.05) is 42.5 Å². The minimum Gasteiger partial charge on any atom is -0.320 e. The van der Waals surface area contributed by atoms with Crippen LogP contribution in [0.3, 0.4) is 0 Å². The van der Waals surface area contributed by atoms with Crippen LogP contribution in [0.2, 0.25) is 0 Å². The molecule has 0 radical (unpaired) electrons. The molecule has 0 aliphatic carbocycles. The number of benzene rings is 2. The van der Waals surface area contributed by atoms with Crippen molar-refractivity contribution in [2.45, 2.75) is 0 Å². The summed E-state index contributed by atoms with van der Waals surface area (Å²) in [5.41, 5.74) is 1.15. The summed E-state index contributed by atoms with van der Waals surface area (Å²) in [5.74, 6) is 0.458. The number of anilines is 3. The molecule has 5 nitrogen and oxygen atoms in total. The lowest BCUT2D eigenvalue weighted by Gasteiger charge is -2.07. The van der Waals surface area contributed by atoms with Gasteiger partial charge in [0.1, 0.15) is 11.5 Å². The molecule has 0 fully saturated rings. The van der Waals surface area contributed by atoms with Crippen LogP contribution < -0.4 is 10.6 Å². The molecule has 0 bridgehead atoms. The Labute approximate surface area is 148 Å². The fourth-order valence-electron chi connectivity index (χ4n) is 2.50. The zero-order valence-electron chi connectivity index (χ0n) is 13.1. The Bertz CT molecular complexity index is 1020. The average Bonchev–Trinajstić information content (AvgIpc) is 3.11. The van der Waals surface area contributed by atoms with Crippen molar-refractivity contribution < 1.29 is 4.79 Å². The number of hydrogen-bond acceptors (Lipinski definition) is 5. The van der Waals surface area contributed by atoms with Gasteiger partial charge in [0.2, 0.25) is 0 Å². The second-order valence-corrected chi connectivity index (χ2v) is 6.22. The Kier molecular flexibility index (Phi) is 4.10. The first-order valence-corrected chi connectivity index (χ1v) is 8.60. The van der Waals surface area contributed by atoms with Gasteiger partial charge in [-0.2, -0.15) is 0 Å². The van der Waals surface area contributed by atoms with E-state index in [4.69, 9.17) is 0 Å². The highest BCUT2D eigenvalue weighted by Crippen LogP contribution is 2.24. The van der Waals surface area contributed by atoms with Gasteiger partial charge in [0.25, 0.3) is 5.91 Å². The molecule has 2 heterocycles. The van der Waals surface area contributed by atoms with Crippen molar-refractivity contribution in [2.75, 3.05) is 10.6 Å². The fraction of sp³-hybridized carbons (Fsp3) is 0. The minimum absolute atomic E-state index is 0.235. The van der Waals surface area contributed by atoms with Crippen LogP contribution in [-0.4, -0.2) is 15.9 Å². The molecule has 1 amide bonds. The Hall–Kier alpha value is -3.25. The number of thiazole rings is 1. The molecule has 4 aromatic rings.